The first-order valence-electron chi connectivity index (χ1n) is 10.9. The SMILES string of the molecule is O=C(c1ccc(Br)cc1)N1N=C2/C(=C\c3ccc(Cl)cc3)CCCC2C1c1ccc(Cl)cc1. The summed E-state index contributed by atoms with van der Waals surface area (Å²) in [4.78, 5) is 13.6. The fraction of sp³-hybridized carbons (Fsp3) is 0.185. The summed E-state index contributed by atoms with van der Waals surface area (Å²) < 4.78 is 0.933. The molecule has 0 radical (unpaired) electrons. The second kappa shape index (κ2) is 9.46. The third kappa shape index (κ3) is 4.65. The number of fused-ring (bicyclic) bond motifs is 1. The molecular formula is C27H21BrCl2N2O. The third-order valence-electron chi connectivity index (χ3n) is 6.22. The zero-order chi connectivity index (χ0) is 22.9. The average molecular weight is 540 g/mol. The first-order chi connectivity index (χ1) is 16.0. The lowest BCUT2D eigenvalue weighted by molar-refractivity contribution is 0.0681. The highest BCUT2D eigenvalue weighted by atomic mass is 79.9. The standard InChI is InChI=1S/C27H21BrCl2N2O/c28-21-10-6-19(7-11-21)27(33)32-26(18-8-14-23(30)15-9-18)24-3-1-2-20(25(24)31-32)16-17-4-12-22(29)13-5-17/h4-16,24,26H,1-3H2/b20-16-. The van der Waals surface area contributed by atoms with E-state index in [1.54, 1.807) is 5.01 Å². The lowest BCUT2D eigenvalue weighted by atomic mass is 9.77. The lowest BCUT2D eigenvalue weighted by Crippen LogP contribution is -2.31. The molecule has 1 amide bonds. The van der Waals surface area contributed by atoms with Crippen LogP contribution in [0.5, 0.6) is 0 Å². The van der Waals surface area contributed by atoms with Gasteiger partial charge in [0.2, 0.25) is 0 Å². The molecule has 33 heavy (non-hydrogen) atoms. The van der Waals surface area contributed by atoms with Crippen molar-refractivity contribution in [2.24, 2.45) is 11.0 Å². The number of halogens is 3. The molecule has 0 bridgehead atoms. The van der Waals surface area contributed by atoms with Crippen LogP contribution in [0.1, 0.15) is 46.8 Å². The van der Waals surface area contributed by atoms with Gasteiger partial charge in [0.05, 0.1) is 11.8 Å². The van der Waals surface area contributed by atoms with E-state index in [1.165, 1.54) is 5.57 Å². The van der Waals surface area contributed by atoms with Crippen LogP contribution in [-0.4, -0.2) is 16.6 Å². The molecule has 1 aliphatic carbocycles. The minimum atomic E-state index is -0.165. The second-order valence-corrected chi connectivity index (χ2v) is 10.1. The van der Waals surface area contributed by atoms with E-state index in [0.29, 0.717) is 15.6 Å². The Morgan fingerprint density at radius 1 is 0.939 bits per heavy atom. The highest BCUT2D eigenvalue weighted by Gasteiger charge is 2.43. The van der Waals surface area contributed by atoms with Gasteiger partial charge in [0.1, 0.15) is 0 Å². The molecular weight excluding hydrogens is 519 g/mol. The van der Waals surface area contributed by atoms with E-state index in [4.69, 9.17) is 28.3 Å². The minimum Gasteiger partial charge on any atom is -0.267 e. The van der Waals surface area contributed by atoms with Gasteiger partial charge in [-0.1, -0.05) is 63.4 Å². The molecule has 3 nitrogen and oxygen atoms in total. The Morgan fingerprint density at radius 2 is 1.58 bits per heavy atom. The largest absolute Gasteiger partial charge is 0.274 e. The van der Waals surface area contributed by atoms with Crippen LogP contribution in [0.2, 0.25) is 10.0 Å². The summed E-state index contributed by atoms with van der Waals surface area (Å²) in [5.41, 5.74) is 4.92. The summed E-state index contributed by atoms with van der Waals surface area (Å²) in [7, 11) is 0. The summed E-state index contributed by atoms with van der Waals surface area (Å²) in [5, 5.41) is 8.01. The number of carbonyl (C=O) groups is 1. The van der Waals surface area contributed by atoms with Crippen LogP contribution < -0.4 is 0 Å². The number of allylic oxidation sites excluding steroid dienone is 1. The quantitative estimate of drug-likeness (QED) is 0.330. The maximum Gasteiger partial charge on any atom is 0.274 e. The Morgan fingerprint density at radius 3 is 2.24 bits per heavy atom. The Kier molecular flexibility index (Phi) is 6.42. The molecule has 5 rings (SSSR count). The summed E-state index contributed by atoms with van der Waals surface area (Å²) in [6, 6.07) is 22.8. The summed E-state index contributed by atoms with van der Waals surface area (Å²) in [6.45, 7) is 0. The van der Waals surface area contributed by atoms with Crippen molar-refractivity contribution >= 4 is 56.8 Å². The zero-order valence-electron chi connectivity index (χ0n) is 17.7. The molecule has 2 atom stereocenters. The van der Waals surface area contributed by atoms with Crippen molar-refractivity contribution in [2.75, 3.05) is 0 Å². The molecule has 0 saturated heterocycles. The van der Waals surface area contributed by atoms with Crippen molar-refractivity contribution < 1.29 is 4.79 Å². The van der Waals surface area contributed by atoms with Gasteiger partial charge >= 0.3 is 0 Å². The van der Waals surface area contributed by atoms with Gasteiger partial charge in [0, 0.05) is 26.0 Å². The lowest BCUT2D eigenvalue weighted by Gasteiger charge is -2.29. The van der Waals surface area contributed by atoms with Crippen LogP contribution in [0, 0.1) is 5.92 Å². The van der Waals surface area contributed by atoms with E-state index >= 15 is 0 Å². The molecule has 1 fully saturated rings. The van der Waals surface area contributed by atoms with Crippen molar-refractivity contribution in [1.82, 2.24) is 5.01 Å². The zero-order valence-corrected chi connectivity index (χ0v) is 20.8. The normalized spacial score (nSPS) is 21.1. The Labute approximate surface area is 211 Å². The van der Waals surface area contributed by atoms with Crippen LogP contribution >= 0.6 is 39.1 Å². The van der Waals surface area contributed by atoms with Crippen molar-refractivity contribution in [3.8, 4) is 0 Å². The summed E-state index contributed by atoms with van der Waals surface area (Å²) in [5.74, 6) is 0.0352. The number of hydrogen-bond acceptors (Lipinski definition) is 2. The van der Waals surface area contributed by atoms with Crippen LogP contribution in [0.25, 0.3) is 6.08 Å². The van der Waals surface area contributed by atoms with Crippen molar-refractivity contribution in [3.05, 3.63) is 110 Å². The number of hydrazone groups is 1. The Hall–Kier alpha value is -2.40. The summed E-state index contributed by atoms with van der Waals surface area (Å²) in [6.07, 6.45) is 5.14. The van der Waals surface area contributed by atoms with E-state index in [9.17, 15) is 4.79 Å². The molecule has 3 aromatic rings. The molecule has 3 aromatic carbocycles. The minimum absolute atomic E-state index is 0.102. The predicted molar refractivity (Wildman–Crippen MR) is 139 cm³/mol. The smallest absolute Gasteiger partial charge is 0.267 e. The third-order valence-corrected chi connectivity index (χ3v) is 7.26. The number of benzene rings is 3. The molecule has 6 heteroatoms. The van der Waals surface area contributed by atoms with Gasteiger partial charge in [-0.2, -0.15) is 5.10 Å². The molecule has 2 aliphatic rings. The maximum atomic E-state index is 13.6. The molecule has 0 N–H and O–H groups in total. The molecule has 0 spiro atoms. The molecule has 1 saturated carbocycles. The molecule has 1 heterocycles. The number of amides is 1. The van der Waals surface area contributed by atoms with Gasteiger partial charge in [-0.25, -0.2) is 5.01 Å². The van der Waals surface area contributed by atoms with Crippen molar-refractivity contribution in [1.29, 1.82) is 0 Å². The molecule has 1 aliphatic heterocycles. The van der Waals surface area contributed by atoms with Gasteiger partial charge < -0.3 is 0 Å². The highest BCUT2D eigenvalue weighted by Crippen LogP contribution is 2.45. The molecule has 2 unspecified atom stereocenters. The van der Waals surface area contributed by atoms with E-state index in [0.717, 1.165) is 40.6 Å². The van der Waals surface area contributed by atoms with Crippen LogP contribution in [0.15, 0.2) is 87.9 Å². The van der Waals surface area contributed by atoms with E-state index < -0.39 is 0 Å². The van der Waals surface area contributed by atoms with Crippen molar-refractivity contribution in [3.63, 3.8) is 0 Å². The van der Waals surface area contributed by atoms with Gasteiger partial charge in [0.15, 0.2) is 0 Å². The van der Waals surface area contributed by atoms with E-state index in [2.05, 4.69) is 22.0 Å². The maximum absolute atomic E-state index is 13.6. The van der Waals surface area contributed by atoms with Gasteiger partial charge in [0.25, 0.3) is 5.91 Å². The van der Waals surface area contributed by atoms with Crippen LogP contribution in [0.3, 0.4) is 0 Å². The molecule has 0 aromatic heterocycles. The first kappa shape index (κ1) is 22.4. The number of rotatable bonds is 3. The monoisotopic (exact) mass is 538 g/mol. The predicted octanol–water partition coefficient (Wildman–Crippen LogP) is 8.19. The van der Waals surface area contributed by atoms with Crippen molar-refractivity contribution in [2.45, 2.75) is 25.3 Å². The molecule has 166 valence electrons. The average Bonchev–Trinajstić information content (AvgIpc) is 3.22. The first-order valence-corrected chi connectivity index (χ1v) is 12.4. The van der Waals surface area contributed by atoms with Gasteiger partial charge in [-0.15, -0.1) is 0 Å². The Balaban J connectivity index is 1.57. The highest BCUT2D eigenvalue weighted by molar-refractivity contribution is 9.10. The van der Waals surface area contributed by atoms with E-state index in [-0.39, 0.29) is 17.9 Å². The van der Waals surface area contributed by atoms with Gasteiger partial charge in [-0.05, 0) is 90.6 Å². The summed E-state index contributed by atoms with van der Waals surface area (Å²) >= 11 is 15.7. The fourth-order valence-corrected chi connectivity index (χ4v) is 5.16. The second-order valence-electron chi connectivity index (χ2n) is 8.36. The Bertz CT molecular complexity index is 1230. The number of carbonyl (C=O) groups excluding carboxylic acids is 1. The fourth-order valence-electron chi connectivity index (χ4n) is 4.65. The van der Waals surface area contributed by atoms with Gasteiger partial charge in [-0.3, -0.25) is 4.79 Å². The van der Waals surface area contributed by atoms with Crippen LogP contribution in [-0.2, 0) is 0 Å². The van der Waals surface area contributed by atoms with Crippen LogP contribution in [0.4, 0.5) is 0 Å². The topological polar surface area (TPSA) is 32.7 Å². The number of nitrogens with zero attached hydrogens (tertiary/aromatic N) is 2. The number of hydrogen-bond donors (Lipinski definition) is 0. The van der Waals surface area contributed by atoms with E-state index in [1.807, 2.05) is 72.8 Å².